The first-order valence-electron chi connectivity index (χ1n) is 11.1. The van der Waals surface area contributed by atoms with Gasteiger partial charge in [-0.3, -0.25) is 9.78 Å². The zero-order chi connectivity index (χ0) is 21.9. The molecule has 2 aliphatic heterocycles. The Morgan fingerprint density at radius 3 is 2.59 bits per heavy atom. The Kier molecular flexibility index (Phi) is 5.85. The number of ether oxygens (including phenoxy) is 2. The number of carbonyl (C=O) groups excluding carboxylic acids is 1. The number of hydrogen-bond donors (Lipinski definition) is 0. The number of pyridine rings is 1. The molecule has 0 saturated carbocycles. The van der Waals surface area contributed by atoms with Crippen LogP contribution in [-0.2, 0) is 9.53 Å². The van der Waals surface area contributed by atoms with Crippen molar-refractivity contribution in [1.29, 1.82) is 0 Å². The number of hydrogen-bond acceptors (Lipinski definition) is 7. The van der Waals surface area contributed by atoms with Gasteiger partial charge in [0.1, 0.15) is 6.10 Å². The monoisotopic (exact) mass is 433 g/mol. The fourth-order valence-corrected chi connectivity index (χ4v) is 4.26. The van der Waals surface area contributed by atoms with Crippen LogP contribution >= 0.6 is 0 Å². The van der Waals surface area contributed by atoms with Gasteiger partial charge in [-0.25, -0.2) is 9.97 Å². The van der Waals surface area contributed by atoms with E-state index in [2.05, 4.69) is 39.1 Å². The van der Waals surface area contributed by atoms with Crippen molar-refractivity contribution in [3.63, 3.8) is 0 Å². The summed E-state index contributed by atoms with van der Waals surface area (Å²) < 4.78 is 11.8. The first-order valence-corrected chi connectivity index (χ1v) is 11.1. The quantitative estimate of drug-likeness (QED) is 0.626. The molecule has 2 saturated heterocycles. The number of fused-ring (bicyclic) bond motifs is 1. The molecule has 0 spiro atoms. The van der Waals surface area contributed by atoms with Gasteiger partial charge in [-0.2, -0.15) is 0 Å². The molecule has 2 aromatic heterocycles. The number of rotatable bonds is 4. The molecule has 3 aromatic rings. The van der Waals surface area contributed by atoms with Crippen molar-refractivity contribution in [2.45, 2.75) is 25.9 Å². The van der Waals surface area contributed by atoms with Gasteiger partial charge >= 0.3 is 0 Å². The van der Waals surface area contributed by atoms with Crippen LogP contribution in [0.1, 0.15) is 19.8 Å². The molecule has 0 aliphatic carbocycles. The highest BCUT2D eigenvalue weighted by atomic mass is 16.5. The largest absolute Gasteiger partial charge is 0.470 e. The van der Waals surface area contributed by atoms with Crippen molar-refractivity contribution < 1.29 is 14.3 Å². The molecule has 2 fully saturated rings. The molecule has 0 radical (unpaired) electrons. The number of aromatic nitrogens is 3. The molecular weight excluding hydrogens is 406 g/mol. The van der Waals surface area contributed by atoms with Crippen LogP contribution in [0.4, 0.5) is 5.69 Å². The number of nitrogens with zero attached hydrogens (tertiary/aromatic N) is 5. The Bertz CT molecular complexity index is 1090. The minimum absolute atomic E-state index is 0.0206. The SMILES string of the molecule is CC(=O)N1CCN(c2ccc(-c3cc4nccnc4c(O[C@@H]4CCCOC4)n3)cc2)CC1. The van der Waals surface area contributed by atoms with Gasteiger partial charge in [-0.15, -0.1) is 0 Å². The first kappa shape index (κ1) is 20.6. The molecule has 166 valence electrons. The summed E-state index contributed by atoms with van der Waals surface area (Å²) in [5.41, 5.74) is 4.37. The Hall–Kier alpha value is -3.26. The second-order valence-corrected chi connectivity index (χ2v) is 8.23. The van der Waals surface area contributed by atoms with Crippen LogP contribution in [0.2, 0.25) is 0 Å². The molecule has 0 bridgehead atoms. The smallest absolute Gasteiger partial charge is 0.243 e. The maximum Gasteiger partial charge on any atom is 0.243 e. The highest BCUT2D eigenvalue weighted by molar-refractivity contribution is 5.83. The Balaban J connectivity index is 1.39. The van der Waals surface area contributed by atoms with Crippen LogP contribution in [0.25, 0.3) is 22.3 Å². The van der Waals surface area contributed by atoms with E-state index in [4.69, 9.17) is 14.5 Å². The standard InChI is InChI=1S/C24H27N5O3/c1-17(30)28-10-12-29(13-11-28)19-6-4-18(5-7-19)21-15-22-23(26-9-8-25-22)24(27-21)32-20-3-2-14-31-16-20/h4-9,15,20H,2-3,10-14,16H2,1H3/t20-/m1/s1. The van der Waals surface area contributed by atoms with Crippen LogP contribution in [0.5, 0.6) is 5.88 Å². The molecule has 8 nitrogen and oxygen atoms in total. The zero-order valence-corrected chi connectivity index (χ0v) is 18.2. The molecule has 32 heavy (non-hydrogen) atoms. The van der Waals surface area contributed by atoms with E-state index in [1.165, 1.54) is 0 Å². The van der Waals surface area contributed by atoms with Crippen molar-refractivity contribution in [3.05, 3.63) is 42.7 Å². The summed E-state index contributed by atoms with van der Waals surface area (Å²) >= 11 is 0. The average Bonchev–Trinajstić information content (AvgIpc) is 2.85. The molecule has 8 heteroatoms. The number of anilines is 1. The molecule has 0 N–H and O–H groups in total. The summed E-state index contributed by atoms with van der Waals surface area (Å²) in [6, 6.07) is 10.3. The lowest BCUT2D eigenvalue weighted by Gasteiger charge is -2.35. The third-order valence-electron chi connectivity index (χ3n) is 6.07. The van der Waals surface area contributed by atoms with Crippen molar-refractivity contribution in [2.75, 3.05) is 44.3 Å². The minimum Gasteiger partial charge on any atom is -0.470 e. The molecule has 1 amide bonds. The second kappa shape index (κ2) is 9.08. The highest BCUT2D eigenvalue weighted by Crippen LogP contribution is 2.29. The van der Waals surface area contributed by atoms with E-state index in [1.807, 2.05) is 11.0 Å². The van der Waals surface area contributed by atoms with Crippen molar-refractivity contribution in [3.8, 4) is 17.1 Å². The van der Waals surface area contributed by atoms with Crippen LogP contribution in [0.3, 0.4) is 0 Å². The second-order valence-electron chi connectivity index (χ2n) is 8.23. The van der Waals surface area contributed by atoms with E-state index >= 15 is 0 Å². The lowest BCUT2D eigenvalue weighted by Crippen LogP contribution is -2.48. The van der Waals surface area contributed by atoms with E-state index in [-0.39, 0.29) is 12.0 Å². The minimum atomic E-state index is -0.0206. The number of amides is 1. The van der Waals surface area contributed by atoms with Gasteiger partial charge in [-0.05, 0) is 31.0 Å². The normalized spacial score (nSPS) is 19.2. The molecule has 5 rings (SSSR count). The maximum absolute atomic E-state index is 11.6. The molecular formula is C24H27N5O3. The third-order valence-corrected chi connectivity index (χ3v) is 6.07. The Morgan fingerprint density at radius 1 is 1.09 bits per heavy atom. The highest BCUT2D eigenvalue weighted by Gasteiger charge is 2.21. The predicted octanol–water partition coefficient (Wildman–Crippen LogP) is 2.92. The summed E-state index contributed by atoms with van der Waals surface area (Å²) in [7, 11) is 0. The molecule has 4 heterocycles. The Morgan fingerprint density at radius 2 is 1.88 bits per heavy atom. The van der Waals surface area contributed by atoms with Crippen LogP contribution in [0, 0.1) is 0 Å². The first-order chi connectivity index (χ1) is 15.7. The van der Waals surface area contributed by atoms with Crippen molar-refractivity contribution >= 4 is 22.6 Å². The van der Waals surface area contributed by atoms with Gasteiger partial charge in [0.25, 0.3) is 0 Å². The van der Waals surface area contributed by atoms with E-state index in [9.17, 15) is 4.79 Å². The fourth-order valence-electron chi connectivity index (χ4n) is 4.26. The van der Waals surface area contributed by atoms with Crippen molar-refractivity contribution in [1.82, 2.24) is 19.9 Å². The van der Waals surface area contributed by atoms with Gasteiger partial charge in [0.15, 0.2) is 5.52 Å². The lowest BCUT2D eigenvalue weighted by molar-refractivity contribution is -0.129. The summed E-state index contributed by atoms with van der Waals surface area (Å²) in [4.78, 5) is 29.5. The molecule has 2 aliphatic rings. The van der Waals surface area contributed by atoms with E-state index in [0.29, 0.717) is 18.0 Å². The van der Waals surface area contributed by atoms with E-state index in [1.54, 1.807) is 19.3 Å². The summed E-state index contributed by atoms with van der Waals surface area (Å²) in [6.45, 7) is 6.17. The number of piperazine rings is 1. The average molecular weight is 434 g/mol. The van der Waals surface area contributed by atoms with Crippen LogP contribution in [-0.4, -0.2) is 71.3 Å². The summed E-state index contributed by atoms with van der Waals surface area (Å²) in [5.74, 6) is 0.647. The maximum atomic E-state index is 11.6. The summed E-state index contributed by atoms with van der Waals surface area (Å²) in [5, 5.41) is 0. The number of carbonyl (C=O) groups is 1. The van der Waals surface area contributed by atoms with Crippen LogP contribution in [0.15, 0.2) is 42.7 Å². The zero-order valence-electron chi connectivity index (χ0n) is 18.2. The van der Waals surface area contributed by atoms with E-state index in [0.717, 1.165) is 68.1 Å². The summed E-state index contributed by atoms with van der Waals surface area (Å²) in [6.07, 6.45) is 5.25. The number of benzene rings is 1. The topological polar surface area (TPSA) is 80.7 Å². The molecule has 0 unspecified atom stereocenters. The Labute approximate surface area is 187 Å². The predicted molar refractivity (Wildman–Crippen MR) is 122 cm³/mol. The fraction of sp³-hybridized carbons (Fsp3) is 0.417. The lowest BCUT2D eigenvalue weighted by atomic mass is 10.1. The van der Waals surface area contributed by atoms with Crippen LogP contribution < -0.4 is 9.64 Å². The van der Waals surface area contributed by atoms with Gasteiger partial charge in [-0.1, -0.05) is 12.1 Å². The molecule has 1 atom stereocenters. The van der Waals surface area contributed by atoms with Gasteiger partial charge in [0.05, 0.1) is 17.8 Å². The van der Waals surface area contributed by atoms with E-state index < -0.39 is 0 Å². The van der Waals surface area contributed by atoms with Gasteiger partial charge in [0.2, 0.25) is 11.8 Å². The molecule has 1 aromatic carbocycles. The third kappa shape index (κ3) is 4.36. The van der Waals surface area contributed by atoms with Gasteiger partial charge in [0, 0.05) is 63.4 Å². The van der Waals surface area contributed by atoms with Gasteiger partial charge < -0.3 is 19.3 Å². The van der Waals surface area contributed by atoms with Crippen molar-refractivity contribution in [2.24, 2.45) is 0 Å².